The number of carbonyl (C=O) groups excluding carboxylic acids is 3. The van der Waals surface area contributed by atoms with Gasteiger partial charge >= 0.3 is 0 Å². The molecule has 0 bridgehead atoms. The molecule has 2 rings (SSSR count). The van der Waals surface area contributed by atoms with Crippen molar-refractivity contribution in [3.63, 3.8) is 0 Å². The minimum atomic E-state index is -0.437. The first-order chi connectivity index (χ1) is 13.4. The van der Waals surface area contributed by atoms with Crippen molar-refractivity contribution in [1.82, 2.24) is 5.32 Å². The number of rotatable bonds is 8. The van der Waals surface area contributed by atoms with E-state index in [1.165, 1.54) is 18.2 Å². The van der Waals surface area contributed by atoms with Crippen LogP contribution in [0.5, 0.6) is 0 Å². The lowest BCUT2D eigenvalue weighted by Crippen LogP contribution is -3.11. The van der Waals surface area contributed by atoms with Crippen molar-refractivity contribution in [3.05, 3.63) is 59.9 Å². The van der Waals surface area contributed by atoms with Crippen LogP contribution in [0.4, 0.5) is 15.8 Å². The lowest BCUT2D eigenvalue weighted by Gasteiger charge is -2.14. The molecular formula is C20H24FN4O3+. The number of amides is 3. The molecule has 0 heterocycles. The Kier molecular flexibility index (Phi) is 7.65. The van der Waals surface area contributed by atoms with Crippen molar-refractivity contribution in [2.24, 2.45) is 0 Å². The van der Waals surface area contributed by atoms with Crippen LogP contribution in [0.2, 0.25) is 0 Å². The summed E-state index contributed by atoms with van der Waals surface area (Å²) in [7, 11) is 1.70. The highest BCUT2D eigenvalue weighted by molar-refractivity contribution is 5.97. The Morgan fingerprint density at radius 1 is 0.929 bits per heavy atom. The molecule has 3 amide bonds. The number of hydrogen-bond acceptors (Lipinski definition) is 3. The number of hydrogen-bond donors (Lipinski definition) is 4. The fraction of sp³-hybridized carbons (Fsp3) is 0.250. The van der Waals surface area contributed by atoms with Crippen molar-refractivity contribution < 1.29 is 23.7 Å². The molecule has 0 aliphatic heterocycles. The highest BCUT2D eigenvalue weighted by Gasteiger charge is 2.15. The Balaban J connectivity index is 1.84. The molecule has 1 unspecified atom stereocenters. The topological polar surface area (TPSA) is 91.7 Å². The zero-order valence-electron chi connectivity index (χ0n) is 15.8. The van der Waals surface area contributed by atoms with E-state index in [9.17, 15) is 18.8 Å². The van der Waals surface area contributed by atoms with Crippen LogP contribution in [0.25, 0.3) is 0 Å². The second-order valence-corrected chi connectivity index (χ2v) is 6.36. The van der Waals surface area contributed by atoms with E-state index in [1.54, 1.807) is 37.4 Å². The molecular weight excluding hydrogens is 363 g/mol. The van der Waals surface area contributed by atoms with Gasteiger partial charge in [0.05, 0.1) is 7.05 Å². The predicted octanol–water partition coefficient (Wildman–Crippen LogP) is 0.667. The standard InChI is InChI=1S/C20H23FN4O3/c1-3-22-20(28)14-6-4-8-16(10-14)23-18(26)12-25(2)13-19(27)24-17-9-5-7-15(21)11-17/h4-11H,3,12-13H2,1-2H3,(H,22,28)(H,23,26)(H,24,27)/p+1. The number of carbonyl (C=O) groups is 3. The summed E-state index contributed by atoms with van der Waals surface area (Å²) in [5, 5.41) is 8.01. The molecule has 0 fully saturated rings. The minimum Gasteiger partial charge on any atom is -0.352 e. The molecule has 0 aliphatic rings. The summed E-state index contributed by atoms with van der Waals surface area (Å²) in [5.41, 5.74) is 1.32. The van der Waals surface area contributed by atoms with Gasteiger partial charge in [-0.3, -0.25) is 14.4 Å². The van der Waals surface area contributed by atoms with Crippen LogP contribution in [-0.4, -0.2) is 44.4 Å². The van der Waals surface area contributed by atoms with Gasteiger partial charge in [0.2, 0.25) is 0 Å². The third-order valence-electron chi connectivity index (χ3n) is 3.78. The van der Waals surface area contributed by atoms with Gasteiger partial charge in [0, 0.05) is 23.5 Å². The van der Waals surface area contributed by atoms with E-state index in [0.29, 0.717) is 28.4 Å². The third kappa shape index (κ3) is 6.81. The summed E-state index contributed by atoms with van der Waals surface area (Å²) >= 11 is 0. The molecule has 148 valence electrons. The molecule has 2 aromatic carbocycles. The fourth-order valence-electron chi connectivity index (χ4n) is 2.59. The van der Waals surface area contributed by atoms with E-state index in [0.717, 1.165) is 0 Å². The van der Waals surface area contributed by atoms with Crippen molar-refractivity contribution >= 4 is 29.1 Å². The molecule has 7 nitrogen and oxygen atoms in total. The van der Waals surface area contributed by atoms with Crippen molar-refractivity contribution in [1.29, 1.82) is 0 Å². The van der Waals surface area contributed by atoms with Crippen molar-refractivity contribution in [3.8, 4) is 0 Å². The summed E-state index contributed by atoms with van der Waals surface area (Å²) in [6.45, 7) is 2.44. The van der Waals surface area contributed by atoms with Crippen molar-refractivity contribution in [2.75, 3.05) is 37.3 Å². The molecule has 0 spiro atoms. The number of quaternary nitrogens is 1. The van der Waals surface area contributed by atoms with Crippen LogP contribution in [0.15, 0.2) is 48.5 Å². The first-order valence-electron chi connectivity index (χ1n) is 8.92. The summed E-state index contributed by atoms with van der Waals surface area (Å²) in [6, 6.07) is 12.2. The number of benzene rings is 2. The van der Waals surface area contributed by atoms with Crippen molar-refractivity contribution in [2.45, 2.75) is 6.92 Å². The zero-order chi connectivity index (χ0) is 20.5. The largest absolute Gasteiger partial charge is 0.352 e. The Morgan fingerprint density at radius 3 is 2.07 bits per heavy atom. The predicted molar refractivity (Wildman–Crippen MR) is 105 cm³/mol. The molecule has 0 aliphatic carbocycles. The SMILES string of the molecule is CCNC(=O)c1cccc(NC(=O)C[NH+](C)CC(=O)Nc2cccc(F)c2)c1. The minimum absolute atomic E-state index is 0.0445. The van der Waals surface area contributed by atoms with Gasteiger partial charge in [-0.1, -0.05) is 12.1 Å². The maximum atomic E-state index is 13.1. The van der Waals surface area contributed by atoms with E-state index in [1.807, 2.05) is 6.92 Å². The van der Waals surface area contributed by atoms with E-state index >= 15 is 0 Å². The Labute approximate surface area is 162 Å². The maximum Gasteiger partial charge on any atom is 0.279 e. The number of likely N-dealkylation sites (N-methyl/N-ethyl adjacent to an activating group) is 1. The van der Waals surface area contributed by atoms with Gasteiger partial charge in [0.25, 0.3) is 17.7 Å². The molecule has 4 N–H and O–H groups in total. The van der Waals surface area contributed by atoms with Crippen LogP contribution < -0.4 is 20.9 Å². The number of nitrogens with one attached hydrogen (secondary N) is 4. The van der Waals surface area contributed by atoms with Gasteiger partial charge in [0.1, 0.15) is 5.82 Å². The molecule has 1 atom stereocenters. The monoisotopic (exact) mass is 387 g/mol. The summed E-state index contributed by atoms with van der Waals surface area (Å²) < 4.78 is 13.1. The molecule has 0 saturated heterocycles. The summed E-state index contributed by atoms with van der Waals surface area (Å²) in [6.07, 6.45) is 0. The van der Waals surface area contributed by atoms with E-state index < -0.39 is 5.82 Å². The Morgan fingerprint density at radius 2 is 1.50 bits per heavy atom. The molecule has 0 radical (unpaired) electrons. The van der Waals surface area contributed by atoms with E-state index in [2.05, 4.69) is 16.0 Å². The quantitative estimate of drug-likeness (QED) is 0.537. The van der Waals surface area contributed by atoms with Gasteiger partial charge in [0.15, 0.2) is 13.1 Å². The maximum absolute atomic E-state index is 13.1. The number of halogens is 1. The zero-order valence-corrected chi connectivity index (χ0v) is 15.8. The van der Waals surface area contributed by atoms with Crippen LogP contribution in [0.1, 0.15) is 17.3 Å². The second kappa shape index (κ2) is 10.2. The van der Waals surface area contributed by atoms with Gasteiger partial charge < -0.3 is 20.9 Å². The average molecular weight is 387 g/mol. The van der Waals surface area contributed by atoms with Gasteiger partial charge in [-0.25, -0.2) is 4.39 Å². The summed E-state index contributed by atoms with van der Waals surface area (Å²) in [4.78, 5) is 36.7. The Hall–Kier alpha value is -3.26. The molecule has 8 heteroatoms. The average Bonchev–Trinajstić information content (AvgIpc) is 2.61. The normalized spacial score (nSPS) is 11.4. The van der Waals surface area contributed by atoms with Gasteiger partial charge in [-0.2, -0.15) is 0 Å². The first-order valence-corrected chi connectivity index (χ1v) is 8.92. The second-order valence-electron chi connectivity index (χ2n) is 6.36. The van der Waals surface area contributed by atoms with Crippen LogP contribution in [0.3, 0.4) is 0 Å². The fourth-order valence-corrected chi connectivity index (χ4v) is 2.59. The molecule has 2 aromatic rings. The summed E-state index contributed by atoms with van der Waals surface area (Å²) in [5.74, 6) is -1.26. The van der Waals surface area contributed by atoms with Crippen LogP contribution in [0, 0.1) is 5.82 Å². The lowest BCUT2D eigenvalue weighted by atomic mass is 10.2. The van der Waals surface area contributed by atoms with Crippen LogP contribution >= 0.6 is 0 Å². The van der Waals surface area contributed by atoms with Gasteiger partial charge in [-0.15, -0.1) is 0 Å². The first kappa shape index (κ1) is 21.0. The van der Waals surface area contributed by atoms with Crippen LogP contribution in [-0.2, 0) is 9.59 Å². The molecule has 0 aromatic heterocycles. The molecule has 28 heavy (non-hydrogen) atoms. The Bertz CT molecular complexity index is 857. The van der Waals surface area contributed by atoms with Gasteiger partial charge in [-0.05, 0) is 43.3 Å². The highest BCUT2D eigenvalue weighted by Crippen LogP contribution is 2.10. The lowest BCUT2D eigenvalue weighted by molar-refractivity contribution is -0.862. The highest BCUT2D eigenvalue weighted by atomic mass is 19.1. The third-order valence-corrected chi connectivity index (χ3v) is 3.78. The molecule has 0 saturated carbocycles. The smallest absolute Gasteiger partial charge is 0.279 e. The number of anilines is 2. The van der Waals surface area contributed by atoms with E-state index in [4.69, 9.17) is 0 Å². The van der Waals surface area contributed by atoms with E-state index in [-0.39, 0.29) is 30.8 Å².